The first-order valence-corrected chi connectivity index (χ1v) is 8.38. The van der Waals surface area contributed by atoms with Crippen molar-refractivity contribution in [3.05, 3.63) is 36.3 Å². The van der Waals surface area contributed by atoms with Gasteiger partial charge in [0, 0.05) is 17.2 Å². The van der Waals surface area contributed by atoms with Gasteiger partial charge >= 0.3 is 0 Å². The van der Waals surface area contributed by atoms with Gasteiger partial charge in [0.05, 0.1) is 23.1 Å². The summed E-state index contributed by atoms with van der Waals surface area (Å²) < 4.78 is 2.24. The van der Waals surface area contributed by atoms with E-state index in [0.717, 1.165) is 34.3 Å². The number of fused-ring (bicyclic) bond motifs is 3. The summed E-state index contributed by atoms with van der Waals surface area (Å²) in [6.07, 6.45) is 3.97. The largest absolute Gasteiger partial charge is 0.325 e. The molecule has 20 heavy (non-hydrogen) atoms. The number of thioether (sulfide) groups is 1. The van der Waals surface area contributed by atoms with Gasteiger partial charge in [-0.3, -0.25) is 4.98 Å². The van der Waals surface area contributed by atoms with E-state index in [-0.39, 0.29) is 0 Å². The number of hydrogen-bond acceptors (Lipinski definition) is 3. The predicted octanol–water partition coefficient (Wildman–Crippen LogP) is 4.07. The van der Waals surface area contributed by atoms with E-state index in [9.17, 15) is 0 Å². The molecule has 0 fully saturated rings. The summed E-state index contributed by atoms with van der Waals surface area (Å²) in [6, 6.07) is 8.18. The second kappa shape index (κ2) is 5.62. The maximum atomic E-state index is 6.07. The lowest BCUT2D eigenvalue weighted by atomic mass is 10.2. The highest BCUT2D eigenvalue weighted by Gasteiger charge is 2.15. The fourth-order valence-electron chi connectivity index (χ4n) is 2.44. The molecule has 0 spiro atoms. The van der Waals surface area contributed by atoms with Crippen LogP contribution in [0, 0.1) is 0 Å². The van der Waals surface area contributed by atoms with Crippen molar-refractivity contribution >= 4 is 45.3 Å². The number of benzene rings is 1. The fourth-order valence-corrected chi connectivity index (χ4v) is 2.94. The number of para-hydroxylation sites is 1. The summed E-state index contributed by atoms with van der Waals surface area (Å²) in [7, 11) is 0. The lowest BCUT2D eigenvalue weighted by Crippen LogP contribution is -2.11. The van der Waals surface area contributed by atoms with Crippen molar-refractivity contribution < 1.29 is 0 Å². The Labute approximate surface area is 127 Å². The van der Waals surface area contributed by atoms with Crippen molar-refractivity contribution in [3.8, 4) is 0 Å². The van der Waals surface area contributed by atoms with Crippen LogP contribution in [0.4, 0.5) is 0 Å². The number of nitrogens with zero attached hydrogens (tertiary/aromatic N) is 3. The second-order valence-corrected chi connectivity index (χ2v) is 6.37. The highest BCUT2D eigenvalue weighted by molar-refractivity contribution is 7.99. The standard InChI is InChI=1S/C15H16ClN3S/c1-10(20-2)9-19-14(7-16)18-13-8-17-12-6-4-3-5-11(12)15(13)19/h3-6,8,10H,7,9H2,1-2H3. The van der Waals surface area contributed by atoms with Crippen LogP contribution in [0.2, 0.25) is 0 Å². The van der Waals surface area contributed by atoms with E-state index in [2.05, 4.69) is 33.8 Å². The first-order chi connectivity index (χ1) is 9.74. The Morgan fingerprint density at radius 1 is 1.30 bits per heavy atom. The van der Waals surface area contributed by atoms with Crippen LogP contribution in [-0.4, -0.2) is 26.0 Å². The molecule has 1 aromatic carbocycles. The number of aromatic nitrogens is 3. The highest BCUT2D eigenvalue weighted by Crippen LogP contribution is 2.26. The van der Waals surface area contributed by atoms with Crippen LogP contribution in [-0.2, 0) is 12.4 Å². The maximum absolute atomic E-state index is 6.07. The smallest absolute Gasteiger partial charge is 0.124 e. The molecule has 0 saturated carbocycles. The highest BCUT2D eigenvalue weighted by atomic mass is 35.5. The zero-order valence-corrected chi connectivity index (χ0v) is 13.1. The molecule has 3 rings (SSSR count). The average molecular weight is 306 g/mol. The minimum Gasteiger partial charge on any atom is -0.325 e. The number of halogens is 1. The molecule has 2 aromatic heterocycles. The van der Waals surface area contributed by atoms with Crippen LogP contribution in [0.1, 0.15) is 12.7 Å². The second-order valence-electron chi connectivity index (χ2n) is 4.83. The van der Waals surface area contributed by atoms with Crippen LogP contribution in [0.5, 0.6) is 0 Å². The molecule has 3 aromatic rings. The molecule has 0 aliphatic rings. The number of alkyl halides is 1. The minimum atomic E-state index is 0.421. The van der Waals surface area contributed by atoms with Crippen molar-refractivity contribution in [3.63, 3.8) is 0 Å². The molecule has 0 N–H and O–H groups in total. The molecule has 0 aliphatic heterocycles. The van der Waals surface area contributed by atoms with Crippen molar-refractivity contribution in [2.45, 2.75) is 24.6 Å². The molecular weight excluding hydrogens is 290 g/mol. The van der Waals surface area contributed by atoms with E-state index in [1.165, 1.54) is 0 Å². The zero-order valence-electron chi connectivity index (χ0n) is 11.5. The van der Waals surface area contributed by atoms with E-state index >= 15 is 0 Å². The molecule has 0 aliphatic carbocycles. The lowest BCUT2D eigenvalue weighted by molar-refractivity contribution is 0.686. The first kappa shape index (κ1) is 13.7. The Hall–Kier alpha value is -1.26. The summed E-state index contributed by atoms with van der Waals surface area (Å²) in [5.41, 5.74) is 3.07. The monoisotopic (exact) mass is 305 g/mol. The number of hydrogen-bond donors (Lipinski definition) is 0. The Balaban J connectivity index is 2.31. The lowest BCUT2D eigenvalue weighted by Gasteiger charge is -2.13. The summed E-state index contributed by atoms with van der Waals surface area (Å²) >= 11 is 7.92. The zero-order chi connectivity index (χ0) is 14.1. The molecule has 0 amide bonds. The van der Waals surface area contributed by atoms with Gasteiger partial charge in [-0.2, -0.15) is 11.8 Å². The van der Waals surface area contributed by atoms with Crippen LogP contribution in [0.15, 0.2) is 30.5 Å². The van der Waals surface area contributed by atoms with E-state index in [4.69, 9.17) is 11.6 Å². The fraction of sp³-hybridized carbons (Fsp3) is 0.333. The molecule has 5 heteroatoms. The van der Waals surface area contributed by atoms with Crippen molar-refractivity contribution in [1.29, 1.82) is 0 Å². The van der Waals surface area contributed by atoms with Gasteiger partial charge in [0.1, 0.15) is 11.3 Å². The van der Waals surface area contributed by atoms with Crippen molar-refractivity contribution in [1.82, 2.24) is 14.5 Å². The van der Waals surface area contributed by atoms with Crippen molar-refractivity contribution in [2.75, 3.05) is 6.26 Å². The quantitative estimate of drug-likeness (QED) is 0.681. The van der Waals surface area contributed by atoms with Gasteiger partial charge in [0.15, 0.2) is 0 Å². The average Bonchev–Trinajstić information content (AvgIpc) is 2.85. The van der Waals surface area contributed by atoms with E-state index < -0.39 is 0 Å². The van der Waals surface area contributed by atoms with Gasteiger partial charge in [-0.05, 0) is 12.3 Å². The molecule has 0 saturated heterocycles. The maximum Gasteiger partial charge on any atom is 0.124 e. The van der Waals surface area contributed by atoms with Crippen LogP contribution < -0.4 is 0 Å². The molecule has 3 nitrogen and oxygen atoms in total. The van der Waals surface area contributed by atoms with Crippen LogP contribution in [0.3, 0.4) is 0 Å². The summed E-state index contributed by atoms with van der Waals surface area (Å²) in [4.78, 5) is 9.10. The van der Waals surface area contributed by atoms with E-state index in [1.807, 2.05) is 36.2 Å². The molecular formula is C15H16ClN3S. The third kappa shape index (κ3) is 2.27. The SMILES string of the molecule is CSC(C)Cn1c(CCl)nc2cnc3ccccc3c21. The molecule has 0 radical (unpaired) electrons. The van der Waals surface area contributed by atoms with Gasteiger partial charge in [0.25, 0.3) is 0 Å². The topological polar surface area (TPSA) is 30.7 Å². The van der Waals surface area contributed by atoms with Crippen molar-refractivity contribution in [2.24, 2.45) is 0 Å². The predicted molar refractivity (Wildman–Crippen MR) is 87.6 cm³/mol. The summed E-state index contributed by atoms with van der Waals surface area (Å²) in [5, 5.41) is 1.66. The van der Waals surface area contributed by atoms with Crippen LogP contribution >= 0.6 is 23.4 Å². The van der Waals surface area contributed by atoms with Gasteiger partial charge in [-0.25, -0.2) is 4.98 Å². The number of pyridine rings is 1. The van der Waals surface area contributed by atoms with E-state index in [1.54, 1.807) is 0 Å². The summed E-state index contributed by atoms with van der Waals surface area (Å²) in [5.74, 6) is 1.34. The summed E-state index contributed by atoms with van der Waals surface area (Å²) in [6.45, 7) is 3.13. The van der Waals surface area contributed by atoms with Gasteiger partial charge in [-0.15, -0.1) is 11.6 Å². The van der Waals surface area contributed by atoms with Gasteiger partial charge < -0.3 is 4.57 Å². The number of imidazole rings is 1. The molecule has 1 atom stereocenters. The Morgan fingerprint density at radius 2 is 2.10 bits per heavy atom. The molecule has 2 heterocycles. The molecule has 104 valence electrons. The molecule has 0 bridgehead atoms. The minimum absolute atomic E-state index is 0.421. The number of rotatable bonds is 4. The first-order valence-electron chi connectivity index (χ1n) is 6.56. The Morgan fingerprint density at radius 3 is 2.85 bits per heavy atom. The van der Waals surface area contributed by atoms with Gasteiger partial charge in [0.2, 0.25) is 0 Å². The molecule has 1 unspecified atom stereocenters. The third-order valence-corrected chi connectivity index (χ3v) is 4.71. The Kier molecular flexibility index (Phi) is 3.85. The van der Waals surface area contributed by atoms with Gasteiger partial charge in [-0.1, -0.05) is 25.1 Å². The third-order valence-electron chi connectivity index (χ3n) is 3.52. The normalized spacial score (nSPS) is 13.2. The Bertz CT molecular complexity index is 753. The van der Waals surface area contributed by atoms with Crippen LogP contribution in [0.25, 0.3) is 21.9 Å². The van der Waals surface area contributed by atoms with E-state index in [0.29, 0.717) is 11.1 Å².